The van der Waals surface area contributed by atoms with E-state index in [1.165, 1.54) is 23.1 Å². The standard InChI is InChI=1S/C13H17FN2O2/c1-8-7-10(14)5-6-11(8)12(17)15-9(2)13(18)16(3)4/h5-7,9H,1-4H3,(H,15,17). The van der Waals surface area contributed by atoms with Crippen LogP contribution in [-0.4, -0.2) is 36.9 Å². The van der Waals surface area contributed by atoms with E-state index in [2.05, 4.69) is 5.32 Å². The van der Waals surface area contributed by atoms with Gasteiger partial charge in [-0.05, 0) is 37.6 Å². The zero-order chi connectivity index (χ0) is 13.9. The van der Waals surface area contributed by atoms with Crippen LogP contribution in [0.5, 0.6) is 0 Å². The Balaban J connectivity index is 2.80. The molecule has 4 nitrogen and oxygen atoms in total. The number of rotatable bonds is 3. The van der Waals surface area contributed by atoms with E-state index in [1.807, 2.05) is 0 Å². The second-order valence-electron chi connectivity index (χ2n) is 4.39. The van der Waals surface area contributed by atoms with Crippen LogP contribution in [0.15, 0.2) is 18.2 Å². The van der Waals surface area contributed by atoms with Crippen molar-refractivity contribution in [1.29, 1.82) is 0 Å². The van der Waals surface area contributed by atoms with Gasteiger partial charge in [0.15, 0.2) is 0 Å². The molecule has 0 saturated carbocycles. The molecule has 0 aliphatic carbocycles. The summed E-state index contributed by atoms with van der Waals surface area (Å²) < 4.78 is 12.9. The first-order valence-electron chi connectivity index (χ1n) is 5.61. The molecule has 0 radical (unpaired) electrons. The predicted molar refractivity (Wildman–Crippen MR) is 66.8 cm³/mol. The van der Waals surface area contributed by atoms with E-state index in [0.29, 0.717) is 11.1 Å². The molecule has 0 saturated heterocycles. The lowest BCUT2D eigenvalue weighted by Gasteiger charge is -2.18. The van der Waals surface area contributed by atoms with E-state index in [0.717, 1.165) is 0 Å². The molecule has 1 atom stereocenters. The van der Waals surface area contributed by atoms with Crippen LogP contribution in [0.25, 0.3) is 0 Å². The number of benzene rings is 1. The van der Waals surface area contributed by atoms with E-state index in [1.54, 1.807) is 27.9 Å². The molecule has 0 aromatic heterocycles. The molecule has 0 aliphatic rings. The lowest BCUT2D eigenvalue weighted by atomic mass is 10.1. The van der Waals surface area contributed by atoms with Gasteiger partial charge in [-0.3, -0.25) is 9.59 Å². The maximum atomic E-state index is 12.9. The van der Waals surface area contributed by atoms with Crippen molar-refractivity contribution in [2.24, 2.45) is 0 Å². The third-order valence-corrected chi connectivity index (χ3v) is 2.59. The predicted octanol–water partition coefficient (Wildman–Crippen LogP) is 1.34. The second-order valence-corrected chi connectivity index (χ2v) is 4.39. The third-order valence-electron chi connectivity index (χ3n) is 2.59. The van der Waals surface area contributed by atoms with Gasteiger partial charge in [0.2, 0.25) is 5.91 Å². The fraction of sp³-hybridized carbons (Fsp3) is 0.385. The van der Waals surface area contributed by atoms with Crippen LogP contribution in [0.3, 0.4) is 0 Å². The van der Waals surface area contributed by atoms with Crippen LogP contribution in [0.2, 0.25) is 0 Å². The van der Waals surface area contributed by atoms with Gasteiger partial charge >= 0.3 is 0 Å². The third kappa shape index (κ3) is 3.29. The molecule has 5 heteroatoms. The summed E-state index contributed by atoms with van der Waals surface area (Å²) in [7, 11) is 3.24. The molecule has 0 spiro atoms. The Hall–Kier alpha value is -1.91. The Morgan fingerprint density at radius 1 is 1.33 bits per heavy atom. The number of amides is 2. The summed E-state index contributed by atoms with van der Waals surface area (Å²) in [6.07, 6.45) is 0. The van der Waals surface area contributed by atoms with E-state index >= 15 is 0 Å². The first-order chi connectivity index (χ1) is 8.32. The fourth-order valence-electron chi connectivity index (χ4n) is 1.61. The molecule has 1 aromatic carbocycles. The highest BCUT2D eigenvalue weighted by Gasteiger charge is 2.18. The molecule has 1 rings (SSSR count). The Morgan fingerprint density at radius 3 is 2.44 bits per heavy atom. The molecule has 0 heterocycles. The average Bonchev–Trinajstić information content (AvgIpc) is 2.27. The van der Waals surface area contributed by atoms with Gasteiger partial charge in [0, 0.05) is 19.7 Å². The van der Waals surface area contributed by atoms with Crippen LogP contribution in [0.4, 0.5) is 4.39 Å². The van der Waals surface area contributed by atoms with Crippen molar-refractivity contribution in [2.75, 3.05) is 14.1 Å². The molecule has 98 valence electrons. The maximum Gasteiger partial charge on any atom is 0.252 e. The van der Waals surface area contributed by atoms with E-state index in [-0.39, 0.29) is 17.6 Å². The van der Waals surface area contributed by atoms with Crippen LogP contribution < -0.4 is 5.32 Å². The Morgan fingerprint density at radius 2 is 1.94 bits per heavy atom. The zero-order valence-corrected chi connectivity index (χ0v) is 11.0. The molecule has 2 amide bonds. The van der Waals surface area contributed by atoms with Crippen LogP contribution in [0.1, 0.15) is 22.8 Å². The molecular formula is C13H17FN2O2. The molecule has 0 fully saturated rings. The van der Waals surface area contributed by atoms with Crippen LogP contribution in [0, 0.1) is 12.7 Å². The van der Waals surface area contributed by atoms with Gasteiger partial charge in [0.05, 0.1) is 0 Å². The molecule has 1 unspecified atom stereocenters. The zero-order valence-electron chi connectivity index (χ0n) is 11.0. The van der Waals surface area contributed by atoms with Crippen molar-refractivity contribution in [3.63, 3.8) is 0 Å². The highest BCUT2D eigenvalue weighted by molar-refractivity contribution is 5.98. The monoisotopic (exact) mass is 252 g/mol. The number of likely N-dealkylation sites (N-methyl/N-ethyl adjacent to an activating group) is 1. The van der Waals surface area contributed by atoms with Crippen molar-refractivity contribution in [2.45, 2.75) is 19.9 Å². The van der Waals surface area contributed by atoms with Gasteiger partial charge < -0.3 is 10.2 Å². The Kier molecular flexibility index (Phi) is 4.42. The lowest BCUT2D eigenvalue weighted by molar-refractivity contribution is -0.130. The topological polar surface area (TPSA) is 49.4 Å². The van der Waals surface area contributed by atoms with Crippen molar-refractivity contribution >= 4 is 11.8 Å². The maximum absolute atomic E-state index is 12.9. The van der Waals surface area contributed by atoms with Gasteiger partial charge in [-0.25, -0.2) is 4.39 Å². The number of aryl methyl sites for hydroxylation is 1. The number of carbonyl (C=O) groups excluding carboxylic acids is 2. The second kappa shape index (κ2) is 5.62. The van der Waals surface area contributed by atoms with Crippen LogP contribution >= 0.6 is 0 Å². The molecule has 1 N–H and O–H groups in total. The summed E-state index contributed by atoms with van der Waals surface area (Å²) in [4.78, 5) is 24.9. The van der Waals surface area contributed by atoms with Crippen molar-refractivity contribution in [3.8, 4) is 0 Å². The van der Waals surface area contributed by atoms with Crippen LogP contribution in [-0.2, 0) is 4.79 Å². The lowest BCUT2D eigenvalue weighted by Crippen LogP contribution is -2.44. The molecule has 0 bridgehead atoms. The highest BCUT2D eigenvalue weighted by atomic mass is 19.1. The van der Waals surface area contributed by atoms with Crippen molar-refractivity contribution in [3.05, 3.63) is 35.1 Å². The molecule has 18 heavy (non-hydrogen) atoms. The minimum Gasteiger partial charge on any atom is -0.347 e. The summed E-state index contributed by atoms with van der Waals surface area (Å²) in [5, 5.41) is 2.58. The van der Waals surface area contributed by atoms with E-state index in [4.69, 9.17) is 0 Å². The highest BCUT2D eigenvalue weighted by Crippen LogP contribution is 2.10. The minimum absolute atomic E-state index is 0.192. The van der Waals surface area contributed by atoms with Crippen molar-refractivity contribution < 1.29 is 14.0 Å². The molecule has 1 aromatic rings. The Labute approximate surface area is 106 Å². The Bertz CT molecular complexity index is 472. The van der Waals surface area contributed by atoms with Gasteiger partial charge in [-0.15, -0.1) is 0 Å². The van der Waals surface area contributed by atoms with Gasteiger partial charge in [0.1, 0.15) is 11.9 Å². The summed E-state index contributed by atoms with van der Waals surface area (Å²) in [5.41, 5.74) is 0.909. The quantitative estimate of drug-likeness (QED) is 0.882. The summed E-state index contributed by atoms with van der Waals surface area (Å²) in [6.45, 7) is 3.26. The number of carbonyl (C=O) groups is 2. The first kappa shape index (κ1) is 14.2. The summed E-state index contributed by atoms with van der Waals surface area (Å²) >= 11 is 0. The number of halogens is 1. The van der Waals surface area contributed by atoms with Gasteiger partial charge in [-0.1, -0.05) is 0 Å². The smallest absolute Gasteiger partial charge is 0.252 e. The molecule has 0 aliphatic heterocycles. The normalized spacial score (nSPS) is 11.8. The number of nitrogens with one attached hydrogen (secondary N) is 1. The fourth-order valence-corrected chi connectivity index (χ4v) is 1.61. The summed E-state index contributed by atoms with van der Waals surface area (Å²) in [6, 6.07) is 3.30. The SMILES string of the molecule is Cc1cc(F)ccc1C(=O)NC(C)C(=O)N(C)C. The average molecular weight is 252 g/mol. The summed E-state index contributed by atoms with van der Waals surface area (Å²) in [5.74, 6) is -0.959. The van der Waals surface area contributed by atoms with Crippen molar-refractivity contribution in [1.82, 2.24) is 10.2 Å². The first-order valence-corrected chi connectivity index (χ1v) is 5.61. The van der Waals surface area contributed by atoms with E-state index in [9.17, 15) is 14.0 Å². The number of nitrogens with zero attached hydrogens (tertiary/aromatic N) is 1. The number of hydrogen-bond donors (Lipinski definition) is 1. The largest absolute Gasteiger partial charge is 0.347 e. The van der Waals surface area contributed by atoms with Gasteiger partial charge in [-0.2, -0.15) is 0 Å². The minimum atomic E-state index is -0.614. The number of hydrogen-bond acceptors (Lipinski definition) is 2. The molecular weight excluding hydrogens is 235 g/mol. The van der Waals surface area contributed by atoms with Gasteiger partial charge in [0.25, 0.3) is 5.91 Å². The van der Waals surface area contributed by atoms with E-state index < -0.39 is 6.04 Å².